The Kier molecular flexibility index (Phi) is 5.59. The Morgan fingerprint density at radius 1 is 1.32 bits per heavy atom. The fourth-order valence-corrected chi connectivity index (χ4v) is 4.34. The summed E-state index contributed by atoms with van der Waals surface area (Å²) in [6.07, 6.45) is 7.05. The molecule has 6 heteroatoms. The number of amides is 2. The summed E-state index contributed by atoms with van der Waals surface area (Å²) in [5.41, 5.74) is 1.62. The van der Waals surface area contributed by atoms with Crippen LogP contribution in [0.5, 0.6) is 0 Å². The van der Waals surface area contributed by atoms with E-state index in [4.69, 9.17) is 4.74 Å². The van der Waals surface area contributed by atoms with E-state index in [-0.39, 0.29) is 6.03 Å². The van der Waals surface area contributed by atoms with Gasteiger partial charge in [0.2, 0.25) is 0 Å². The number of carbonyl (C=O) groups is 1. The van der Waals surface area contributed by atoms with Crippen molar-refractivity contribution in [3.05, 3.63) is 30.1 Å². The SMILES string of the molecule is COCC1CC2(CCN(C(=O)N(C)C)CC2)CN1Cc1ccncc1. The standard InChI is InChI=1S/C19H30N4O2/c1-21(2)18(24)22-10-6-19(7-11-22)12-17(14-25-3)23(15-19)13-16-4-8-20-9-5-16/h4-5,8-9,17H,6-7,10-15H2,1-3H3. The minimum atomic E-state index is 0.134. The molecule has 1 spiro atoms. The molecule has 1 aromatic heterocycles. The van der Waals surface area contributed by atoms with Gasteiger partial charge in [0.15, 0.2) is 0 Å². The minimum Gasteiger partial charge on any atom is -0.383 e. The van der Waals surface area contributed by atoms with Gasteiger partial charge in [-0.15, -0.1) is 0 Å². The number of hydrogen-bond donors (Lipinski definition) is 0. The minimum absolute atomic E-state index is 0.134. The van der Waals surface area contributed by atoms with E-state index in [1.54, 1.807) is 12.0 Å². The van der Waals surface area contributed by atoms with E-state index < -0.39 is 0 Å². The first kappa shape index (κ1) is 18.1. The monoisotopic (exact) mass is 346 g/mol. The Bertz CT molecular complexity index is 570. The van der Waals surface area contributed by atoms with Crippen LogP contribution in [0.15, 0.2) is 24.5 Å². The van der Waals surface area contributed by atoms with Gasteiger partial charge in [-0.3, -0.25) is 9.88 Å². The zero-order valence-electron chi connectivity index (χ0n) is 15.6. The summed E-state index contributed by atoms with van der Waals surface area (Å²) in [7, 11) is 5.44. The number of aromatic nitrogens is 1. The first-order valence-electron chi connectivity index (χ1n) is 9.11. The molecule has 0 aromatic carbocycles. The number of methoxy groups -OCH3 is 1. The highest BCUT2D eigenvalue weighted by Crippen LogP contribution is 2.44. The maximum atomic E-state index is 12.2. The predicted molar refractivity (Wildman–Crippen MR) is 97.3 cm³/mol. The molecule has 0 aliphatic carbocycles. The van der Waals surface area contributed by atoms with E-state index in [1.807, 2.05) is 31.4 Å². The smallest absolute Gasteiger partial charge is 0.319 e. The second-order valence-corrected chi connectivity index (χ2v) is 7.74. The lowest BCUT2D eigenvalue weighted by Crippen LogP contribution is -2.47. The van der Waals surface area contributed by atoms with Gasteiger partial charge in [0.05, 0.1) is 6.61 Å². The number of ether oxygens (including phenoxy) is 1. The summed E-state index contributed by atoms with van der Waals surface area (Å²) in [6.45, 7) is 4.53. The summed E-state index contributed by atoms with van der Waals surface area (Å²) in [5, 5.41) is 0. The summed E-state index contributed by atoms with van der Waals surface area (Å²) < 4.78 is 5.49. The van der Waals surface area contributed by atoms with Crippen molar-refractivity contribution in [3.8, 4) is 0 Å². The number of piperidine rings is 1. The highest BCUT2D eigenvalue weighted by atomic mass is 16.5. The van der Waals surface area contributed by atoms with Crippen LogP contribution in [0.4, 0.5) is 4.79 Å². The number of pyridine rings is 1. The third-order valence-corrected chi connectivity index (χ3v) is 5.69. The van der Waals surface area contributed by atoms with Crippen LogP contribution in [0.3, 0.4) is 0 Å². The molecule has 3 heterocycles. The van der Waals surface area contributed by atoms with E-state index in [9.17, 15) is 4.79 Å². The molecule has 2 fully saturated rings. The normalized spacial score (nSPS) is 23.2. The fraction of sp³-hybridized carbons (Fsp3) is 0.684. The van der Waals surface area contributed by atoms with Crippen molar-refractivity contribution in [1.82, 2.24) is 19.7 Å². The van der Waals surface area contributed by atoms with E-state index in [0.29, 0.717) is 11.5 Å². The second kappa shape index (κ2) is 7.70. The van der Waals surface area contributed by atoms with Gasteiger partial charge in [-0.05, 0) is 42.4 Å². The number of nitrogens with zero attached hydrogens (tertiary/aromatic N) is 4. The molecule has 0 bridgehead atoms. The van der Waals surface area contributed by atoms with Gasteiger partial charge in [0, 0.05) is 65.8 Å². The molecule has 0 N–H and O–H groups in total. The van der Waals surface area contributed by atoms with Crippen molar-refractivity contribution in [2.75, 3.05) is 47.4 Å². The highest BCUT2D eigenvalue weighted by molar-refractivity contribution is 5.73. The number of hydrogen-bond acceptors (Lipinski definition) is 4. The van der Waals surface area contributed by atoms with Gasteiger partial charge in [-0.2, -0.15) is 0 Å². The lowest BCUT2D eigenvalue weighted by molar-refractivity contribution is 0.105. The van der Waals surface area contributed by atoms with Crippen LogP contribution < -0.4 is 0 Å². The van der Waals surface area contributed by atoms with Gasteiger partial charge in [0.25, 0.3) is 0 Å². The Labute approximate surface area is 150 Å². The summed E-state index contributed by atoms with van der Waals surface area (Å²) in [4.78, 5) is 22.5. The molecule has 3 rings (SSSR count). The van der Waals surface area contributed by atoms with Gasteiger partial charge >= 0.3 is 6.03 Å². The van der Waals surface area contributed by atoms with E-state index in [0.717, 1.165) is 52.0 Å². The molecule has 0 saturated carbocycles. The maximum absolute atomic E-state index is 12.2. The summed E-state index contributed by atoms with van der Waals surface area (Å²) >= 11 is 0. The topological polar surface area (TPSA) is 48.9 Å². The van der Waals surface area contributed by atoms with Crippen LogP contribution in [0.2, 0.25) is 0 Å². The van der Waals surface area contributed by atoms with Crippen LogP contribution >= 0.6 is 0 Å². The molecule has 1 aromatic rings. The van der Waals surface area contributed by atoms with Crippen molar-refractivity contribution < 1.29 is 9.53 Å². The van der Waals surface area contributed by atoms with Gasteiger partial charge in [-0.25, -0.2) is 4.79 Å². The number of likely N-dealkylation sites (tertiary alicyclic amines) is 2. The average molecular weight is 346 g/mol. The zero-order valence-corrected chi connectivity index (χ0v) is 15.6. The highest BCUT2D eigenvalue weighted by Gasteiger charge is 2.45. The molecule has 25 heavy (non-hydrogen) atoms. The molecule has 138 valence electrons. The largest absolute Gasteiger partial charge is 0.383 e. The number of urea groups is 1. The van der Waals surface area contributed by atoms with E-state index in [2.05, 4.69) is 22.0 Å². The maximum Gasteiger partial charge on any atom is 0.319 e. The molecule has 0 radical (unpaired) electrons. The lowest BCUT2D eigenvalue weighted by Gasteiger charge is -2.40. The number of carbonyl (C=O) groups excluding carboxylic acids is 1. The van der Waals surface area contributed by atoms with Crippen LogP contribution in [0.25, 0.3) is 0 Å². The molecular formula is C19H30N4O2. The quantitative estimate of drug-likeness (QED) is 0.837. The lowest BCUT2D eigenvalue weighted by atomic mass is 9.76. The average Bonchev–Trinajstić information content (AvgIpc) is 2.93. The van der Waals surface area contributed by atoms with Crippen molar-refractivity contribution in [2.24, 2.45) is 5.41 Å². The summed E-state index contributed by atoms with van der Waals surface area (Å²) in [6, 6.07) is 4.77. The van der Waals surface area contributed by atoms with Crippen LogP contribution in [-0.2, 0) is 11.3 Å². The fourth-order valence-electron chi connectivity index (χ4n) is 4.34. The first-order valence-corrected chi connectivity index (χ1v) is 9.11. The molecule has 2 aliphatic heterocycles. The van der Waals surface area contributed by atoms with Gasteiger partial charge in [0.1, 0.15) is 0 Å². The Balaban J connectivity index is 1.65. The first-order chi connectivity index (χ1) is 12.0. The Morgan fingerprint density at radius 3 is 2.60 bits per heavy atom. The van der Waals surface area contributed by atoms with Gasteiger partial charge < -0.3 is 14.5 Å². The molecule has 1 unspecified atom stereocenters. The van der Waals surface area contributed by atoms with Crippen LogP contribution in [0.1, 0.15) is 24.8 Å². The third-order valence-electron chi connectivity index (χ3n) is 5.69. The van der Waals surface area contributed by atoms with Crippen molar-refractivity contribution in [1.29, 1.82) is 0 Å². The van der Waals surface area contributed by atoms with E-state index >= 15 is 0 Å². The van der Waals surface area contributed by atoms with E-state index in [1.165, 1.54) is 5.56 Å². The zero-order chi connectivity index (χ0) is 17.9. The second-order valence-electron chi connectivity index (χ2n) is 7.74. The number of rotatable bonds is 4. The van der Waals surface area contributed by atoms with Crippen molar-refractivity contribution in [3.63, 3.8) is 0 Å². The molecule has 2 saturated heterocycles. The van der Waals surface area contributed by atoms with Crippen LogP contribution in [0, 0.1) is 5.41 Å². The Hall–Kier alpha value is -1.66. The molecule has 1 atom stereocenters. The Morgan fingerprint density at radius 2 is 2.00 bits per heavy atom. The van der Waals surface area contributed by atoms with Crippen molar-refractivity contribution >= 4 is 6.03 Å². The molecule has 6 nitrogen and oxygen atoms in total. The predicted octanol–water partition coefficient (Wildman–Crippen LogP) is 2.07. The molecule has 2 aliphatic rings. The summed E-state index contributed by atoms with van der Waals surface area (Å²) in [5.74, 6) is 0. The third kappa shape index (κ3) is 4.12. The molecular weight excluding hydrogens is 316 g/mol. The van der Waals surface area contributed by atoms with Gasteiger partial charge in [-0.1, -0.05) is 0 Å². The van der Waals surface area contributed by atoms with Crippen molar-refractivity contribution in [2.45, 2.75) is 31.8 Å². The van der Waals surface area contributed by atoms with Crippen LogP contribution in [-0.4, -0.2) is 79.2 Å². The molecule has 2 amide bonds.